The average Bonchev–Trinajstić information content (AvgIpc) is 3.19. The minimum atomic E-state index is 0.397. The van der Waals surface area contributed by atoms with Crippen LogP contribution in [0.5, 0.6) is 5.75 Å². The predicted molar refractivity (Wildman–Crippen MR) is 112 cm³/mol. The second-order valence-electron chi connectivity index (χ2n) is 6.32. The van der Waals surface area contributed by atoms with Gasteiger partial charge < -0.3 is 10.1 Å². The third-order valence-electron chi connectivity index (χ3n) is 4.20. The second kappa shape index (κ2) is 8.52. The minimum absolute atomic E-state index is 0.397. The van der Waals surface area contributed by atoms with Crippen molar-refractivity contribution in [1.29, 1.82) is 5.26 Å². The third kappa shape index (κ3) is 4.36. The second-order valence-corrected chi connectivity index (χ2v) is 7.18. The van der Waals surface area contributed by atoms with Crippen molar-refractivity contribution in [3.8, 4) is 23.1 Å². The molecule has 0 unspecified atom stereocenters. The molecule has 27 heavy (non-hydrogen) atoms. The molecule has 0 fully saturated rings. The normalized spacial score (nSPS) is 11.3. The van der Waals surface area contributed by atoms with Crippen molar-refractivity contribution < 1.29 is 4.74 Å². The third-order valence-corrected chi connectivity index (χ3v) is 5.07. The lowest BCUT2D eigenvalue weighted by molar-refractivity contribution is 0.415. The van der Waals surface area contributed by atoms with Crippen molar-refractivity contribution in [1.82, 2.24) is 4.98 Å². The van der Waals surface area contributed by atoms with E-state index in [0.29, 0.717) is 16.5 Å². The van der Waals surface area contributed by atoms with E-state index in [1.54, 1.807) is 13.3 Å². The number of nitrogens with one attached hydrogen (secondary N) is 1. The van der Waals surface area contributed by atoms with E-state index in [1.807, 2.05) is 47.8 Å². The first-order valence-electron chi connectivity index (χ1n) is 8.68. The van der Waals surface area contributed by atoms with Crippen LogP contribution in [0.3, 0.4) is 0 Å². The Bertz CT molecular complexity index is 981. The van der Waals surface area contributed by atoms with Crippen LogP contribution in [-0.2, 0) is 0 Å². The van der Waals surface area contributed by atoms with E-state index in [-0.39, 0.29) is 0 Å². The molecular formula is C22H21N3OS. The van der Waals surface area contributed by atoms with Gasteiger partial charge in [-0.05, 0) is 41.8 Å². The van der Waals surface area contributed by atoms with Gasteiger partial charge in [-0.3, -0.25) is 0 Å². The molecule has 5 heteroatoms. The SMILES string of the molecule is COc1ccc(-c2csc(/C(C#N)=C/Nc3ccccc3C(C)C)n2)cc1. The molecule has 3 rings (SSSR count). The number of hydrogen-bond acceptors (Lipinski definition) is 5. The molecule has 0 aliphatic heterocycles. The first-order valence-corrected chi connectivity index (χ1v) is 9.56. The summed E-state index contributed by atoms with van der Waals surface area (Å²) in [6.07, 6.45) is 1.73. The van der Waals surface area contributed by atoms with E-state index >= 15 is 0 Å². The van der Waals surface area contributed by atoms with Gasteiger partial charge in [-0.25, -0.2) is 4.98 Å². The Morgan fingerprint density at radius 2 is 1.93 bits per heavy atom. The number of para-hydroxylation sites is 1. The fourth-order valence-corrected chi connectivity index (χ4v) is 3.51. The minimum Gasteiger partial charge on any atom is -0.497 e. The molecule has 3 aromatic rings. The Morgan fingerprint density at radius 1 is 1.19 bits per heavy atom. The van der Waals surface area contributed by atoms with Gasteiger partial charge in [-0.1, -0.05) is 32.0 Å². The number of benzene rings is 2. The van der Waals surface area contributed by atoms with E-state index in [0.717, 1.165) is 22.7 Å². The molecule has 4 nitrogen and oxygen atoms in total. The van der Waals surface area contributed by atoms with Crippen molar-refractivity contribution in [2.45, 2.75) is 19.8 Å². The molecule has 0 saturated heterocycles. The van der Waals surface area contributed by atoms with Crippen LogP contribution in [0, 0.1) is 11.3 Å². The average molecular weight is 375 g/mol. The molecule has 1 aromatic heterocycles. The summed E-state index contributed by atoms with van der Waals surface area (Å²) in [6.45, 7) is 4.30. The van der Waals surface area contributed by atoms with Gasteiger partial charge in [0.25, 0.3) is 0 Å². The number of hydrogen-bond donors (Lipinski definition) is 1. The summed E-state index contributed by atoms with van der Waals surface area (Å²) in [6, 6.07) is 18.1. The van der Waals surface area contributed by atoms with Crippen molar-refractivity contribution >= 4 is 22.6 Å². The number of thiazole rings is 1. The maximum atomic E-state index is 9.58. The number of allylic oxidation sites excluding steroid dienone is 1. The quantitative estimate of drug-likeness (QED) is 0.543. The molecule has 0 atom stereocenters. The van der Waals surface area contributed by atoms with E-state index in [9.17, 15) is 5.26 Å². The number of methoxy groups -OCH3 is 1. The highest BCUT2D eigenvalue weighted by atomic mass is 32.1. The summed E-state index contributed by atoms with van der Waals surface area (Å²) in [7, 11) is 1.64. The molecule has 136 valence electrons. The van der Waals surface area contributed by atoms with Gasteiger partial charge in [-0.2, -0.15) is 5.26 Å². The molecule has 0 aliphatic carbocycles. The van der Waals surface area contributed by atoms with Gasteiger partial charge in [0.05, 0.1) is 12.8 Å². The van der Waals surface area contributed by atoms with Crippen molar-refractivity contribution in [3.63, 3.8) is 0 Å². The zero-order valence-electron chi connectivity index (χ0n) is 15.6. The zero-order valence-corrected chi connectivity index (χ0v) is 16.4. The lowest BCUT2D eigenvalue weighted by Gasteiger charge is -2.12. The number of nitriles is 1. The largest absolute Gasteiger partial charge is 0.497 e. The van der Waals surface area contributed by atoms with Gasteiger partial charge in [-0.15, -0.1) is 11.3 Å². The summed E-state index contributed by atoms with van der Waals surface area (Å²) in [5, 5.41) is 15.5. The molecule has 1 heterocycles. The van der Waals surface area contributed by atoms with E-state index in [4.69, 9.17) is 4.74 Å². The number of rotatable bonds is 6. The molecule has 0 amide bonds. The molecule has 0 spiro atoms. The highest BCUT2D eigenvalue weighted by Crippen LogP contribution is 2.28. The van der Waals surface area contributed by atoms with Crippen LogP contribution < -0.4 is 10.1 Å². The molecule has 2 aromatic carbocycles. The molecule has 1 N–H and O–H groups in total. The lowest BCUT2D eigenvalue weighted by atomic mass is 10.0. The smallest absolute Gasteiger partial charge is 0.136 e. The van der Waals surface area contributed by atoms with Crippen molar-refractivity contribution in [3.05, 3.63) is 70.7 Å². The van der Waals surface area contributed by atoms with Crippen LogP contribution >= 0.6 is 11.3 Å². The van der Waals surface area contributed by atoms with E-state index in [2.05, 4.69) is 36.3 Å². The Labute approximate surface area is 163 Å². The van der Waals surface area contributed by atoms with Gasteiger partial charge in [0.1, 0.15) is 22.4 Å². The van der Waals surface area contributed by atoms with Gasteiger partial charge in [0, 0.05) is 22.8 Å². The predicted octanol–water partition coefficient (Wildman–Crippen LogP) is 5.92. The van der Waals surface area contributed by atoms with Crippen molar-refractivity contribution in [2.75, 3.05) is 12.4 Å². The monoisotopic (exact) mass is 375 g/mol. The van der Waals surface area contributed by atoms with Gasteiger partial charge in [0.15, 0.2) is 0 Å². The Kier molecular flexibility index (Phi) is 5.90. The first kappa shape index (κ1) is 18.7. The van der Waals surface area contributed by atoms with Crippen LogP contribution in [0.25, 0.3) is 16.8 Å². The fraction of sp³-hybridized carbons (Fsp3) is 0.182. The zero-order chi connectivity index (χ0) is 19.2. The molecule has 0 saturated carbocycles. The molecule has 0 bridgehead atoms. The summed E-state index contributed by atoms with van der Waals surface area (Å²) < 4.78 is 5.19. The van der Waals surface area contributed by atoms with Crippen LogP contribution in [0.1, 0.15) is 30.3 Å². The number of anilines is 1. The van der Waals surface area contributed by atoms with Gasteiger partial charge in [0.2, 0.25) is 0 Å². The Hall–Kier alpha value is -3.10. The molecular weight excluding hydrogens is 354 g/mol. The number of nitrogens with zero attached hydrogens (tertiary/aromatic N) is 2. The number of aromatic nitrogens is 1. The molecule has 0 aliphatic rings. The Morgan fingerprint density at radius 3 is 2.59 bits per heavy atom. The van der Waals surface area contributed by atoms with E-state index in [1.165, 1.54) is 16.9 Å². The van der Waals surface area contributed by atoms with E-state index < -0.39 is 0 Å². The lowest BCUT2D eigenvalue weighted by Crippen LogP contribution is -1.97. The summed E-state index contributed by atoms with van der Waals surface area (Å²) >= 11 is 1.46. The van der Waals surface area contributed by atoms with Crippen LogP contribution in [0.2, 0.25) is 0 Å². The highest BCUT2D eigenvalue weighted by molar-refractivity contribution is 7.11. The summed E-state index contributed by atoms with van der Waals surface area (Å²) in [5.41, 5.74) is 4.57. The van der Waals surface area contributed by atoms with Crippen molar-refractivity contribution in [2.24, 2.45) is 0 Å². The first-order chi connectivity index (χ1) is 13.1. The van der Waals surface area contributed by atoms with Crippen LogP contribution in [-0.4, -0.2) is 12.1 Å². The summed E-state index contributed by atoms with van der Waals surface area (Å²) in [4.78, 5) is 4.62. The van der Waals surface area contributed by atoms with Crippen LogP contribution in [0.4, 0.5) is 5.69 Å². The molecule has 0 radical (unpaired) electrons. The van der Waals surface area contributed by atoms with Gasteiger partial charge >= 0.3 is 0 Å². The standard InChI is InChI=1S/C22H21N3OS/c1-15(2)19-6-4-5-7-20(19)24-13-17(12-23)22-25-21(14-27-22)16-8-10-18(26-3)11-9-16/h4-11,13-15,24H,1-3H3/b17-13+. The highest BCUT2D eigenvalue weighted by Gasteiger charge is 2.10. The number of ether oxygens (including phenoxy) is 1. The maximum Gasteiger partial charge on any atom is 0.136 e. The maximum absolute atomic E-state index is 9.58. The Balaban J connectivity index is 1.83. The topological polar surface area (TPSA) is 57.9 Å². The van der Waals surface area contributed by atoms with Crippen LogP contribution in [0.15, 0.2) is 60.1 Å². The fourth-order valence-electron chi connectivity index (χ4n) is 2.72. The summed E-state index contributed by atoms with van der Waals surface area (Å²) in [5.74, 6) is 1.20.